The van der Waals surface area contributed by atoms with Gasteiger partial charge in [0, 0.05) is 25.1 Å². The number of halogens is 1. The topological polar surface area (TPSA) is 99.0 Å². The summed E-state index contributed by atoms with van der Waals surface area (Å²) in [6, 6.07) is 6.12. The second-order valence-electron chi connectivity index (χ2n) is 8.22. The number of aromatic nitrogens is 4. The third kappa shape index (κ3) is 5.33. The normalized spacial score (nSPS) is 11.4. The van der Waals surface area contributed by atoms with E-state index in [0.29, 0.717) is 35.6 Å². The number of aryl methyl sites for hydroxylation is 2. The molecule has 2 aromatic heterocycles. The molecule has 3 aromatic rings. The number of H-pyrrole nitrogens is 1. The van der Waals surface area contributed by atoms with Gasteiger partial charge in [-0.3, -0.25) is 19.1 Å². The lowest BCUT2D eigenvalue weighted by Crippen LogP contribution is -2.31. The van der Waals surface area contributed by atoms with E-state index in [4.69, 9.17) is 4.74 Å². The Bertz CT molecular complexity index is 1210. The van der Waals surface area contributed by atoms with Crippen molar-refractivity contribution in [2.75, 3.05) is 0 Å². The molecule has 3 rings (SSSR count). The number of nitrogens with zero attached hydrogens (tertiary/aromatic N) is 3. The van der Waals surface area contributed by atoms with Crippen LogP contribution in [-0.2, 0) is 35.6 Å². The quantitative estimate of drug-likeness (QED) is 0.484. The molecule has 0 bridgehead atoms. The summed E-state index contributed by atoms with van der Waals surface area (Å²) in [4.78, 5) is 44.2. The summed E-state index contributed by atoms with van der Waals surface area (Å²) < 4.78 is 22.2. The molecular weight excluding hydrogens is 415 g/mol. The van der Waals surface area contributed by atoms with E-state index in [1.54, 1.807) is 22.8 Å². The minimum absolute atomic E-state index is 0.0208. The maximum Gasteiger partial charge on any atom is 0.330 e. The van der Waals surface area contributed by atoms with Crippen LogP contribution in [0.3, 0.4) is 0 Å². The second-order valence-corrected chi connectivity index (χ2v) is 8.22. The van der Waals surface area contributed by atoms with Gasteiger partial charge in [0.05, 0.1) is 6.42 Å². The summed E-state index contributed by atoms with van der Waals surface area (Å²) in [5.41, 5.74) is 0.00587. The SMILES string of the molecule is CCCCn1c(=O)[nH]c(=O)c2c1nc(CCC(=O)OCc1ccccc1F)n2CC(C)C. The molecule has 0 aliphatic heterocycles. The Hall–Kier alpha value is -3.23. The van der Waals surface area contributed by atoms with Crippen LogP contribution < -0.4 is 11.2 Å². The Labute approximate surface area is 185 Å². The summed E-state index contributed by atoms with van der Waals surface area (Å²) in [6.45, 7) is 6.86. The van der Waals surface area contributed by atoms with Crippen molar-refractivity contribution in [3.8, 4) is 0 Å². The fourth-order valence-corrected chi connectivity index (χ4v) is 3.55. The van der Waals surface area contributed by atoms with Gasteiger partial charge in [-0.15, -0.1) is 0 Å². The minimum Gasteiger partial charge on any atom is -0.461 e. The predicted octanol–water partition coefficient (Wildman–Crippen LogP) is 3.16. The standard InChI is InChI=1S/C23H29FN4O4/c1-4-5-12-27-21-20(22(30)26-23(27)31)28(13-15(2)3)18(25-21)10-11-19(29)32-14-16-8-6-7-9-17(16)24/h6-9,15H,4-5,10-14H2,1-3H3,(H,26,30,31). The molecular formula is C23H29FN4O4. The molecule has 172 valence electrons. The molecule has 0 unspecified atom stereocenters. The van der Waals surface area contributed by atoms with Crippen molar-refractivity contribution in [2.45, 2.75) is 66.2 Å². The summed E-state index contributed by atoms with van der Waals surface area (Å²) in [5.74, 6) is -0.163. The average molecular weight is 445 g/mol. The van der Waals surface area contributed by atoms with Crippen molar-refractivity contribution >= 4 is 17.1 Å². The number of carbonyl (C=O) groups is 1. The largest absolute Gasteiger partial charge is 0.461 e. The van der Waals surface area contributed by atoms with Crippen LogP contribution in [0.5, 0.6) is 0 Å². The van der Waals surface area contributed by atoms with Crippen LogP contribution in [0.4, 0.5) is 4.39 Å². The lowest BCUT2D eigenvalue weighted by molar-refractivity contribution is -0.145. The first kappa shape index (κ1) is 23.4. The molecule has 0 aliphatic carbocycles. The summed E-state index contributed by atoms with van der Waals surface area (Å²) in [7, 11) is 0. The second kappa shape index (κ2) is 10.4. The van der Waals surface area contributed by atoms with E-state index in [1.165, 1.54) is 10.6 Å². The van der Waals surface area contributed by atoms with E-state index < -0.39 is 23.0 Å². The first-order valence-electron chi connectivity index (χ1n) is 10.9. The van der Waals surface area contributed by atoms with Gasteiger partial charge in [0.2, 0.25) is 0 Å². The molecule has 8 nitrogen and oxygen atoms in total. The molecule has 0 radical (unpaired) electrons. The van der Waals surface area contributed by atoms with Crippen LogP contribution in [-0.4, -0.2) is 25.1 Å². The number of aromatic amines is 1. The number of esters is 1. The third-order valence-corrected chi connectivity index (χ3v) is 5.15. The van der Waals surface area contributed by atoms with Crippen LogP contribution in [0.15, 0.2) is 33.9 Å². The van der Waals surface area contributed by atoms with Gasteiger partial charge in [-0.2, -0.15) is 0 Å². The van der Waals surface area contributed by atoms with Crippen molar-refractivity contribution in [1.29, 1.82) is 0 Å². The molecule has 0 aliphatic rings. The van der Waals surface area contributed by atoms with Crippen molar-refractivity contribution < 1.29 is 13.9 Å². The molecule has 0 fully saturated rings. The fourth-order valence-electron chi connectivity index (χ4n) is 3.55. The molecule has 9 heteroatoms. The van der Waals surface area contributed by atoms with Gasteiger partial charge >= 0.3 is 11.7 Å². The van der Waals surface area contributed by atoms with E-state index in [0.717, 1.165) is 12.8 Å². The number of unbranched alkanes of at least 4 members (excludes halogenated alkanes) is 1. The van der Waals surface area contributed by atoms with Gasteiger partial charge in [-0.1, -0.05) is 45.4 Å². The number of benzene rings is 1. The molecule has 32 heavy (non-hydrogen) atoms. The van der Waals surface area contributed by atoms with E-state index >= 15 is 0 Å². The molecule has 0 atom stereocenters. The van der Waals surface area contributed by atoms with Crippen molar-refractivity contribution in [2.24, 2.45) is 5.92 Å². The number of ether oxygens (including phenoxy) is 1. The lowest BCUT2D eigenvalue weighted by atomic mass is 10.2. The van der Waals surface area contributed by atoms with E-state index in [-0.39, 0.29) is 25.4 Å². The highest BCUT2D eigenvalue weighted by molar-refractivity contribution is 5.72. The van der Waals surface area contributed by atoms with Gasteiger partial charge in [0.25, 0.3) is 5.56 Å². The minimum atomic E-state index is -0.492. The van der Waals surface area contributed by atoms with E-state index in [9.17, 15) is 18.8 Å². The molecule has 0 spiro atoms. The smallest absolute Gasteiger partial charge is 0.330 e. The van der Waals surface area contributed by atoms with Crippen molar-refractivity contribution in [3.05, 3.63) is 62.3 Å². The zero-order valence-corrected chi connectivity index (χ0v) is 18.7. The van der Waals surface area contributed by atoms with Gasteiger partial charge < -0.3 is 9.30 Å². The number of fused-ring (bicyclic) bond motifs is 1. The number of hydrogen-bond donors (Lipinski definition) is 1. The highest BCUT2D eigenvalue weighted by atomic mass is 19.1. The fraction of sp³-hybridized carbons (Fsp3) is 0.478. The zero-order valence-electron chi connectivity index (χ0n) is 18.7. The van der Waals surface area contributed by atoms with Crippen LogP contribution in [0.25, 0.3) is 11.2 Å². The monoisotopic (exact) mass is 444 g/mol. The molecule has 2 heterocycles. The van der Waals surface area contributed by atoms with Crippen LogP contribution in [0, 0.1) is 11.7 Å². The van der Waals surface area contributed by atoms with Gasteiger partial charge in [-0.25, -0.2) is 14.2 Å². The summed E-state index contributed by atoms with van der Waals surface area (Å²) >= 11 is 0. The van der Waals surface area contributed by atoms with Crippen LogP contribution in [0.1, 0.15) is 51.4 Å². The Morgan fingerprint density at radius 1 is 1.22 bits per heavy atom. The lowest BCUT2D eigenvalue weighted by Gasteiger charge is -2.11. The number of hydrogen-bond acceptors (Lipinski definition) is 5. The van der Waals surface area contributed by atoms with Gasteiger partial charge in [0.15, 0.2) is 11.2 Å². The Kier molecular flexibility index (Phi) is 7.61. The maximum atomic E-state index is 13.7. The number of nitrogens with one attached hydrogen (secondary N) is 1. The molecule has 1 N–H and O–H groups in total. The van der Waals surface area contributed by atoms with Gasteiger partial charge in [0.1, 0.15) is 18.2 Å². The molecule has 1 aromatic carbocycles. The summed E-state index contributed by atoms with van der Waals surface area (Å²) in [6.07, 6.45) is 1.92. The summed E-state index contributed by atoms with van der Waals surface area (Å²) in [5, 5.41) is 0. The number of imidazole rings is 1. The number of carbonyl (C=O) groups excluding carboxylic acids is 1. The third-order valence-electron chi connectivity index (χ3n) is 5.15. The zero-order chi connectivity index (χ0) is 23.3. The average Bonchev–Trinajstić information content (AvgIpc) is 3.09. The van der Waals surface area contributed by atoms with E-state index in [1.807, 2.05) is 20.8 Å². The molecule has 0 saturated carbocycles. The molecule has 0 amide bonds. The van der Waals surface area contributed by atoms with Crippen molar-refractivity contribution in [3.63, 3.8) is 0 Å². The first-order chi connectivity index (χ1) is 15.3. The maximum absolute atomic E-state index is 13.7. The molecule has 0 saturated heterocycles. The first-order valence-corrected chi connectivity index (χ1v) is 10.9. The van der Waals surface area contributed by atoms with Crippen LogP contribution in [0.2, 0.25) is 0 Å². The van der Waals surface area contributed by atoms with Crippen molar-refractivity contribution in [1.82, 2.24) is 19.1 Å². The van der Waals surface area contributed by atoms with Gasteiger partial charge in [-0.05, 0) is 18.4 Å². The number of rotatable bonds is 10. The Morgan fingerprint density at radius 2 is 1.97 bits per heavy atom. The highest BCUT2D eigenvalue weighted by Gasteiger charge is 2.20. The predicted molar refractivity (Wildman–Crippen MR) is 119 cm³/mol. The van der Waals surface area contributed by atoms with E-state index in [2.05, 4.69) is 9.97 Å². The Balaban J connectivity index is 1.85. The van der Waals surface area contributed by atoms with Crippen LogP contribution >= 0.6 is 0 Å². The Morgan fingerprint density at radius 3 is 2.66 bits per heavy atom. The highest BCUT2D eigenvalue weighted by Crippen LogP contribution is 2.16.